The Kier molecular flexibility index (Phi) is 7.37. The molecule has 6 heteroatoms. The van der Waals surface area contributed by atoms with E-state index in [9.17, 15) is 4.79 Å². The Labute approximate surface area is 199 Å². The van der Waals surface area contributed by atoms with Crippen molar-refractivity contribution >= 4 is 32.6 Å². The second-order valence-corrected chi connectivity index (χ2v) is 9.16. The minimum absolute atomic E-state index is 0.0415. The van der Waals surface area contributed by atoms with Crippen LogP contribution in [-0.2, 0) is 6.42 Å². The molecule has 0 saturated heterocycles. The summed E-state index contributed by atoms with van der Waals surface area (Å²) in [5.41, 5.74) is 3.90. The predicted molar refractivity (Wildman–Crippen MR) is 137 cm³/mol. The standard InChI is InChI=1S/C27H29N3O2S/c1-4-32-23-11-8-12-24-25(23)28-27(33-24)30(18-17-29(2)3)26(31)22-15-13-21(14-16-22)19-20-9-6-5-7-10-20/h5-16H,4,17-19H2,1-3H3. The number of anilines is 1. The molecule has 1 heterocycles. The number of hydrogen-bond acceptors (Lipinski definition) is 5. The predicted octanol–water partition coefficient (Wildman–Crippen LogP) is 5.49. The summed E-state index contributed by atoms with van der Waals surface area (Å²) in [4.78, 5) is 22.2. The number of carbonyl (C=O) groups excluding carboxylic acids is 1. The van der Waals surface area contributed by atoms with Crippen LogP contribution in [0.4, 0.5) is 5.13 Å². The number of thiazole rings is 1. The summed E-state index contributed by atoms with van der Waals surface area (Å²) >= 11 is 1.52. The Morgan fingerprint density at radius 2 is 1.64 bits per heavy atom. The van der Waals surface area contributed by atoms with Crippen LogP contribution in [0.25, 0.3) is 10.2 Å². The highest BCUT2D eigenvalue weighted by molar-refractivity contribution is 7.22. The van der Waals surface area contributed by atoms with Gasteiger partial charge in [0.1, 0.15) is 11.3 Å². The third-order valence-corrected chi connectivity index (χ3v) is 6.41. The fourth-order valence-corrected chi connectivity index (χ4v) is 4.64. The monoisotopic (exact) mass is 459 g/mol. The SMILES string of the molecule is CCOc1cccc2sc(N(CCN(C)C)C(=O)c3ccc(Cc4ccccc4)cc3)nc12. The van der Waals surface area contributed by atoms with Crippen LogP contribution in [0.5, 0.6) is 5.75 Å². The Bertz CT molecular complexity index is 1200. The van der Waals surface area contributed by atoms with Gasteiger partial charge in [-0.25, -0.2) is 4.98 Å². The minimum atomic E-state index is -0.0415. The third kappa shape index (κ3) is 5.59. The minimum Gasteiger partial charge on any atom is -0.492 e. The number of amides is 1. The Hall–Kier alpha value is -3.22. The summed E-state index contributed by atoms with van der Waals surface area (Å²) in [7, 11) is 4.01. The zero-order chi connectivity index (χ0) is 23.2. The molecule has 3 aromatic carbocycles. The molecule has 0 atom stereocenters. The molecule has 5 nitrogen and oxygen atoms in total. The first-order valence-corrected chi connectivity index (χ1v) is 12.0. The molecule has 4 aromatic rings. The Morgan fingerprint density at radius 3 is 2.33 bits per heavy atom. The Morgan fingerprint density at radius 1 is 0.909 bits per heavy atom. The maximum absolute atomic E-state index is 13.6. The summed E-state index contributed by atoms with van der Waals surface area (Å²) in [6.45, 7) is 3.83. The molecule has 0 radical (unpaired) electrons. The molecule has 0 aliphatic heterocycles. The van der Waals surface area contributed by atoms with Crippen molar-refractivity contribution in [3.63, 3.8) is 0 Å². The summed E-state index contributed by atoms with van der Waals surface area (Å²) in [6, 6.07) is 24.2. The molecule has 0 saturated carbocycles. The molecule has 0 fully saturated rings. The second-order valence-electron chi connectivity index (χ2n) is 8.15. The second kappa shape index (κ2) is 10.6. The fourth-order valence-electron chi connectivity index (χ4n) is 3.64. The van der Waals surface area contributed by atoms with Gasteiger partial charge in [-0.1, -0.05) is 59.9 Å². The molecule has 33 heavy (non-hydrogen) atoms. The average molecular weight is 460 g/mol. The van der Waals surface area contributed by atoms with E-state index in [4.69, 9.17) is 9.72 Å². The normalized spacial score (nSPS) is 11.2. The Balaban J connectivity index is 1.61. The van der Waals surface area contributed by atoms with Gasteiger partial charge in [0.2, 0.25) is 0 Å². The van der Waals surface area contributed by atoms with Crippen LogP contribution >= 0.6 is 11.3 Å². The highest BCUT2D eigenvalue weighted by atomic mass is 32.1. The first-order valence-electron chi connectivity index (χ1n) is 11.2. The maximum Gasteiger partial charge on any atom is 0.260 e. The lowest BCUT2D eigenvalue weighted by molar-refractivity contribution is 0.0985. The molecule has 0 spiro atoms. The number of carbonyl (C=O) groups is 1. The topological polar surface area (TPSA) is 45.7 Å². The van der Waals surface area contributed by atoms with Crippen molar-refractivity contribution < 1.29 is 9.53 Å². The van der Waals surface area contributed by atoms with Crippen LogP contribution in [0.2, 0.25) is 0 Å². The van der Waals surface area contributed by atoms with Gasteiger partial charge >= 0.3 is 0 Å². The van der Waals surface area contributed by atoms with Crippen molar-refractivity contribution in [3.8, 4) is 5.75 Å². The van der Waals surface area contributed by atoms with Gasteiger partial charge in [0.15, 0.2) is 5.13 Å². The molecule has 0 N–H and O–H groups in total. The number of ether oxygens (including phenoxy) is 1. The molecule has 1 aromatic heterocycles. The van der Waals surface area contributed by atoms with Crippen molar-refractivity contribution in [1.82, 2.24) is 9.88 Å². The number of aromatic nitrogens is 1. The van der Waals surface area contributed by atoms with Crippen LogP contribution in [0.3, 0.4) is 0 Å². The summed E-state index contributed by atoms with van der Waals surface area (Å²) in [5, 5.41) is 0.692. The van der Waals surface area contributed by atoms with E-state index in [-0.39, 0.29) is 5.91 Å². The molecule has 1 amide bonds. The van der Waals surface area contributed by atoms with Gasteiger partial charge in [0.05, 0.1) is 11.3 Å². The molecule has 4 rings (SSSR count). The number of rotatable bonds is 9. The van der Waals surface area contributed by atoms with Crippen LogP contribution in [0.1, 0.15) is 28.4 Å². The van der Waals surface area contributed by atoms with Crippen molar-refractivity contribution in [1.29, 1.82) is 0 Å². The summed E-state index contributed by atoms with van der Waals surface area (Å²) in [6.07, 6.45) is 0.845. The van der Waals surface area contributed by atoms with Crippen LogP contribution < -0.4 is 9.64 Å². The van der Waals surface area contributed by atoms with Gasteiger partial charge < -0.3 is 9.64 Å². The van der Waals surface area contributed by atoms with E-state index in [1.54, 1.807) is 4.90 Å². The highest BCUT2D eigenvalue weighted by Gasteiger charge is 2.22. The van der Waals surface area contributed by atoms with E-state index >= 15 is 0 Å². The fraction of sp³-hybridized carbons (Fsp3) is 0.259. The van der Waals surface area contributed by atoms with Crippen molar-refractivity contribution in [3.05, 3.63) is 89.5 Å². The quantitative estimate of drug-likeness (QED) is 0.332. The van der Waals surface area contributed by atoms with Crippen LogP contribution in [-0.4, -0.2) is 49.6 Å². The summed E-state index contributed by atoms with van der Waals surface area (Å²) in [5.74, 6) is 0.711. The number of fused-ring (bicyclic) bond motifs is 1. The van der Waals surface area contributed by atoms with E-state index in [0.717, 1.165) is 28.9 Å². The van der Waals surface area contributed by atoms with Gasteiger partial charge in [0.25, 0.3) is 5.91 Å². The van der Waals surface area contributed by atoms with Crippen molar-refractivity contribution in [2.24, 2.45) is 0 Å². The van der Waals surface area contributed by atoms with E-state index in [0.29, 0.717) is 23.8 Å². The lowest BCUT2D eigenvalue weighted by Gasteiger charge is -2.22. The number of benzene rings is 3. The van der Waals surface area contributed by atoms with Crippen LogP contribution in [0, 0.1) is 0 Å². The van der Waals surface area contributed by atoms with E-state index in [1.807, 2.05) is 81.7 Å². The molecule has 0 unspecified atom stereocenters. The molecular formula is C27H29N3O2S. The third-order valence-electron chi connectivity index (χ3n) is 5.37. The zero-order valence-electron chi connectivity index (χ0n) is 19.3. The largest absolute Gasteiger partial charge is 0.492 e. The van der Waals surface area contributed by atoms with Gasteiger partial charge in [-0.2, -0.15) is 0 Å². The number of para-hydroxylation sites is 1. The summed E-state index contributed by atoms with van der Waals surface area (Å²) < 4.78 is 6.76. The first kappa shape index (κ1) is 23.0. The molecule has 0 aliphatic rings. The van der Waals surface area contributed by atoms with Gasteiger partial charge in [0, 0.05) is 18.7 Å². The van der Waals surface area contributed by atoms with Gasteiger partial charge in [-0.3, -0.25) is 9.69 Å². The first-order chi connectivity index (χ1) is 16.0. The van der Waals surface area contributed by atoms with Gasteiger partial charge in [-0.15, -0.1) is 0 Å². The molecule has 170 valence electrons. The van der Waals surface area contributed by atoms with E-state index < -0.39 is 0 Å². The number of nitrogens with zero attached hydrogens (tertiary/aromatic N) is 3. The average Bonchev–Trinajstić information content (AvgIpc) is 3.25. The van der Waals surface area contributed by atoms with Crippen molar-refractivity contribution in [2.75, 3.05) is 38.7 Å². The molecule has 0 aliphatic carbocycles. The maximum atomic E-state index is 13.6. The smallest absolute Gasteiger partial charge is 0.260 e. The highest BCUT2D eigenvalue weighted by Crippen LogP contribution is 2.34. The van der Waals surface area contributed by atoms with E-state index in [2.05, 4.69) is 17.0 Å². The number of likely N-dealkylation sites (N-methyl/N-ethyl adjacent to an activating group) is 1. The molecular weight excluding hydrogens is 430 g/mol. The van der Waals surface area contributed by atoms with E-state index in [1.165, 1.54) is 22.5 Å². The van der Waals surface area contributed by atoms with Crippen molar-refractivity contribution in [2.45, 2.75) is 13.3 Å². The lowest BCUT2D eigenvalue weighted by Crippen LogP contribution is -2.36. The lowest BCUT2D eigenvalue weighted by atomic mass is 10.0. The number of hydrogen-bond donors (Lipinski definition) is 0. The zero-order valence-corrected chi connectivity index (χ0v) is 20.1. The van der Waals surface area contributed by atoms with Crippen LogP contribution in [0.15, 0.2) is 72.8 Å². The molecule has 0 bridgehead atoms. The van der Waals surface area contributed by atoms with Gasteiger partial charge in [-0.05, 0) is 62.8 Å².